The Morgan fingerprint density at radius 1 is 1.14 bits per heavy atom. The fraction of sp³-hybridized carbons (Fsp3) is 0.464. The molecular formula is C28H32FN5O2S. The van der Waals surface area contributed by atoms with Crippen molar-refractivity contribution in [1.82, 2.24) is 24.3 Å². The SMILES string of the molecule is CC(C1CC2CCC1C2)n1c(COc2ccccc2F)nnc1SCCCn1c(=O)[nH]c2ccccc21. The van der Waals surface area contributed by atoms with Crippen LogP contribution in [-0.4, -0.2) is 30.1 Å². The predicted octanol–water partition coefficient (Wildman–Crippen LogP) is 5.82. The molecule has 2 heterocycles. The van der Waals surface area contributed by atoms with Crippen LogP contribution in [0.3, 0.4) is 0 Å². The van der Waals surface area contributed by atoms with E-state index in [0.29, 0.717) is 12.5 Å². The maximum absolute atomic E-state index is 14.2. The number of imidazole rings is 1. The van der Waals surface area contributed by atoms with E-state index in [2.05, 4.69) is 26.7 Å². The Labute approximate surface area is 219 Å². The van der Waals surface area contributed by atoms with Gasteiger partial charge in [-0.2, -0.15) is 0 Å². The number of aromatic amines is 1. The zero-order valence-electron chi connectivity index (χ0n) is 21.0. The number of hydrogen-bond donors (Lipinski definition) is 1. The van der Waals surface area contributed by atoms with Crippen molar-refractivity contribution in [3.8, 4) is 5.75 Å². The summed E-state index contributed by atoms with van der Waals surface area (Å²) < 4.78 is 24.0. The number of fused-ring (bicyclic) bond motifs is 3. The van der Waals surface area contributed by atoms with Gasteiger partial charge >= 0.3 is 5.69 Å². The first-order valence-electron chi connectivity index (χ1n) is 13.2. The summed E-state index contributed by atoms with van der Waals surface area (Å²) in [5.41, 5.74) is 1.71. The minimum atomic E-state index is -0.378. The highest BCUT2D eigenvalue weighted by atomic mass is 32.2. The van der Waals surface area contributed by atoms with Crippen molar-refractivity contribution in [2.24, 2.45) is 17.8 Å². The molecule has 6 rings (SSSR count). The van der Waals surface area contributed by atoms with Gasteiger partial charge in [0.05, 0.1) is 11.0 Å². The van der Waals surface area contributed by atoms with E-state index >= 15 is 0 Å². The Kier molecular flexibility index (Phi) is 6.80. The molecule has 4 unspecified atom stereocenters. The summed E-state index contributed by atoms with van der Waals surface area (Å²) in [7, 11) is 0. The molecular weight excluding hydrogens is 489 g/mol. The highest BCUT2D eigenvalue weighted by Gasteiger charge is 2.43. The van der Waals surface area contributed by atoms with Crippen LogP contribution in [0.5, 0.6) is 5.75 Å². The summed E-state index contributed by atoms with van der Waals surface area (Å²) >= 11 is 1.67. The first-order valence-corrected chi connectivity index (χ1v) is 14.2. The number of thioether (sulfide) groups is 1. The second kappa shape index (κ2) is 10.4. The van der Waals surface area contributed by atoms with Crippen LogP contribution in [0.15, 0.2) is 58.5 Å². The second-order valence-corrected chi connectivity index (χ2v) is 11.4. The number of rotatable bonds is 10. The van der Waals surface area contributed by atoms with Crippen molar-refractivity contribution < 1.29 is 9.13 Å². The summed E-state index contributed by atoms with van der Waals surface area (Å²) in [4.78, 5) is 15.3. The van der Waals surface area contributed by atoms with Crippen LogP contribution in [0, 0.1) is 23.6 Å². The molecule has 2 aromatic heterocycles. The first-order chi connectivity index (χ1) is 18.1. The van der Waals surface area contributed by atoms with Crippen LogP contribution in [0.1, 0.15) is 50.9 Å². The lowest BCUT2D eigenvalue weighted by Gasteiger charge is -2.30. The molecule has 0 aliphatic heterocycles. The number of aryl methyl sites for hydroxylation is 1. The molecule has 2 aromatic carbocycles. The van der Waals surface area contributed by atoms with E-state index in [0.717, 1.165) is 46.0 Å². The Balaban J connectivity index is 1.18. The Hall–Kier alpha value is -3.07. The lowest BCUT2D eigenvalue weighted by atomic mass is 9.84. The molecule has 0 spiro atoms. The van der Waals surface area contributed by atoms with Crippen molar-refractivity contribution in [1.29, 1.82) is 0 Å². The fourth-order valence-electron chi connectivity index (χ4n) is 6.41. The number of benzene rings is 2. The van der Waals surface area contributed by atoms with Gasteiger partial charge in [-0.25, -0.2) is 9.18 Å². The minimum absolute atomic E-state index is 0.0770. The van der Waals surface area contributed by atoms with E-state index in [1.807, 2.05) is 24.3 Å². The van der Waals surface area contributed by atoms with Crippen LogP contribution in [0.2, 0.25) is 0 Å². The maximum Gasteiger partial charge on any atom is 0.326 e. The number of halogens is 1. The molecule has 0 radical (unpaired) electrons. The zero-order valence-corrected chi connectivity index (χ0v) is 21.8. The van der Waals surface area contributed by atoms with E-state index < -0.39 is 0 Å². The summed E-state index contributed by atoms with van der Waals surface area (Å²) in [5.74, 6) is 3.59. The summed E-state index contributed by atoms with van der Waals surface area (Å²) in [5, 5.41) is 9.89. The number of para-hydroxylation sites is 3. The molecule has 2 bridgehead atoms. The van der Waals surface area contributed by atoms with Gasteiger partial charge in [0.15, 0.2) is 22.5 Å². The van der Waals surface area contributed by atoms with Gasteiger partial charge in [-0.1, -0.05) is 42.4 Å². The van der Waals surface area contributed by atoms with Crippen molar-refractivity contribution >= 4 is 22.8 Å². The molecule has 1 N–H and O–H groups in total. The van der Waals surface area contributed by atoms with Crippen LogP contribution >= 0.6 is 11.8 Å². The van der Waals surface area contributed by atoms with Crippen molar-refractivity contribution in [2.45, 2.75) is 63.4 Å². The Bertz CT molecular complexity index is 1450. The molecule has 0 amide bonds. The monoisotopic (exact) mass is 521 g/mol. The van der Waals surface area contributed by atoms with E-state index in [1.54, 1.807) is 34.5 Å². The van der Waals surface area contributed by atoms with Gasteiger partial charge in [0.2, 0.25) is 0 Å². The number of nitrogens with one attached hydrogen (secondary N) is 1. The maximum atomic E-state index is 14.2. The molecule has 4 atom stereocenters. The van der Waals surface area contributed by atoms with Gasteiger partial charge in [0.1, 0.15) is 6.61 Å². The first kappa shape index (κ1) is 24.3. The largest absolute Gasteiger partial charge is 0.483 e. The number of aromatic nitrogens is 5. The van der Waals surface area contributed by atoms with Gasteiger partial charge in [-0.05, 0) is 74.6 Å². The lowest BCUT2D eigenvalue weighted by molar-refractivity contribution is 0.215. The van der Waals surface area contributed by atoms with E-state index in [-0.39, 0.29) is 29.9 Å². The van der Waals surface area contributed by atoms with Crippen molar-refractivity contribution in [2.75, 3.05) is 5.75 Å². The molecule has 2 saturated carbocycles. The molecule has 2 fully saturated rings. The summed E-state index contributed by atoms with van der Waals surface area (Å²) in [6.07, 6.45) is 6.08. The third-order valence-corrected chi connectivity index (χ3v) is 9.22. The quantitative estimate of drug-likeness (QED) is 0.210. The molecule has 4 aromatic rings. The molecule has 194 valence electrons. The van der Waals surface area contributed by atoms with Gasteiger partial charge < -0.3 is 9.72 Å². The van der Waals surface area contributed by atoms with Crippen molar-refractivity contribution in [3.05, 3.63) is 70.7 Å². The number of ether oxygens (including phenoxy) is 1. The highest BCUT2D eigenvalue weighted by molar-refractivity contribution is 7.99. The summed E-state index contributed by atoms with van der Waals surface area (Å²) in [6.45, 7) is 3.08. The van der Waals surface area contributed by atoms with Gasteiger partial charge in [0.25, 0.3) is 0 Å². The molecule has 9 heteroatoms. The highest BCUT2D eigenvalue weighted by Crippen LogP contribution is 2.52. The summed E-state index contributed by atoms with van der Waals surface area (Å²) in [6, 6.07) is 14.5. The predicted molar refractivity (Wildman–Crippen MR) is 142 cm³/mol. The Morgan fingerprint density at radius 2 is 1.97 bits per heavy atom. The second-order valence-electron chi connectivity index (χ2n) is 10.4. The zero-order chi connectivity index (χ0) is 25.4. The normalized spacial score (nSPS) is 21.6. The number of nitrogens with zero attached hydrogens (tertiary/aromatic N) is 4. The molecule has 2 aliphatic carbocycles. The van der Waals surface area contributed by atoms with E-state index in [4.69, 9.17) is 4.74 Å². The standard InChI is InChI=1S/C28H32FN5O2S/c1-18(21-16-19-11-12-20(21)15-19)34-26(17-36-25-10-5-2-7-22(25)29)31-32-28(34)37-14-6-13-33-24-9-4-3-8-23(24)30-27(33)35/h2-5,7-10,18-21H,6,11-17H2,1H3,(H,30,35). The smallest absolute Gasteiger partial charge is 0.326 e. The topological polar surface area (TPSA) is 77.7 Å². The van der Waals surface area contributed by atoms with Crippen molar-refractivity contribution in [3.63, 3.8) is 0 Å². The van der Waals surface area contributed by atoms with Crippen LogP contribution in [0.4, 0.5) is 4.39 Å². The minimum Gasteiger partial charge on any atom is -0.483 e. The van der Waals surface area contributed by atoms with Crippen LogP contribution in [-0.2, 0) is 13.2 Å². The van der Waals surface area contributed by atoms with Gasteiger partial charge in [-0.15, -0.1) is 10.2 Å². The molecule has 37 heavy (non-hydrogen) atoms. The average Bonchev–Trinajstić information content (AvgIpc) is 3.69. The molecule has 7 nitrogen and oxygen atoms in total. The fourth-order valence-corrected chi connectivity index (χ4v) is 7.37. The molecule has 2 aliphatic rings. The van der Waals surface area contributed by atoms with E-state index in [9.17, 15) is 9.18 Å². The number of H-pyrrole nitrogens is 1. The number of hydrogen-bond acceptors (Lipinski definition) is 5. The van der Waals surface area contributed by atoms with Gasteiger partial charge in [0, 0.05) is 18.3 Å². The van der Waals surface area contributed by atoms with Crippen LogP contribution < -0.4 is 10.4 Å². The van der Waals surface area contributed by atoms with Gasteiger partial charge in [-0.3, -0.25) is 9.13 Å². The third-order valence-electron chi connectivity index (χ3n) is 8.19. The third kappa shape index (κ3) is 4.81. The lowest BCUT2D eigenvalue weighted by Crippen LogP contribution is -2.24. The average molecular weight is 522 g/mol. The van der Waals surface area contributed by atoms with Crippen LogP contribution in [0.25, 0.3) is 11.0 Å². The Morgan fingerprint density at radius 3 is 2.78 bits per heavy atom. The van der Waals surface area contributed by atoms with E-state index in [1.165, 1.54) is 31.7 Å². The molecule has 0 saturated heterocycles.